The van der Waals surface area contributed by atoms with E-state index in [2.05, 4.69) is 82.2 Å². The van der Waals surface area contributed by atoms with Crippen LogP contribution in [0.4, 0.5) is 0 Å². The minimum absolute atomic E-state index is 0. The summed E-state index contributed by atoms with van der Waals surface area (Å²) in [5, 5.41) is 15.3. The maximum absolute atomic E-state index is 4.78. The zero-order valence-electron chi connectivity index (χ0n) is 20.0. The van der Waals surface area contributed by atoms with Crippen LogP contribution in [0.1, 0.15) is 36.1 Å². The first kappa shape index (κ1) is 26.8. The van der Waals surface area contributed by atoms with E-state index in [4.69, 9.17) is 4.99 Å². The molecule has 8 heteroatoms. The van der Waals surface area contributed by atoms with Gasteiger partial charge in [-0.25, -0.2) is 4.99 Å². The summed E-state index contributed by atoms with van der Waals surface area (Å²) in [6.07, 6.45) is 1.01. The van der Waals surface area contributed by atoms with Crippen molar-refractivity contribution in [2.45, 2.75) is 45.9 Å². The number of aliphatic imine (C=N–C) groups is 1. The fourth-order valence-corrected chi connectivity index (χ4v) is 3.34. The summed E-state index contributed by atoms with van der Waals surface area (Å²) in [4.78, 5) is 7.16. The fourth-order valence-electron chi connectivity index (χ4n) is 3.34. The van der Waals surface area contributed by atoms with Crippen molar-refractivity contribution < 1.29 is 0 Å². The highest BCUT2D eigenvalue weighted by Crippen LogP contribution is 2.08. The smallest absolute Gasteiger partial charge is 0.191 e. The Morgan fingerprint density at radius 1 is 1.00 bits per heavy atom. The van der Waals surface area contributed by atoms with Crippen LogP contribution >= 0.6 is 24.0 Å². The van der Waals surface area contributed by atoms with Crippen LogP contribution in [0.3, 0.4) is 0 Å². The summed E-state index contributed by atoms with van der Waals surface area (Å²) in [7, 11) is 4.15. The van der Waals surface area contributed by atoms with E-state index in [9.17, 15) is 0 Å². The minimum atomic E-state index is 0. The second-order valence-electron chi connectivity index (χ2n) is 8.19. The molecule has 178 valence electrons. The lowest BCUT2D eigenvalue weighted by Gasteiger charge is -2.25. The first-order chi connectivity index (χ1) is 15.5. The number of guanidine groups is 1. The van der Waals surface area contributed by atoms with Gasteiger partial charge in [0.15, 0.2) is 11.8 Å². The number of aromatic nitrogens is 3. The molecule has 33 heavy (non-hydrogen) atoms. The molecule has 0 bridgehead atoms. The van der Waals surface area contributed by atoms with Gasteiger partial charge in [-0.1, -0.05) is 60.7 Å². The fraction of sp³-hybridized carbons (Fsp3) is 0.400. The molecule has 7 nitrogen and oxygen atoms in total. The van der Waals surface area contributed by atoms with Gasteiger partial charge < -0.3 is 15.2 Å². The van der Waals surface area contributed by atoms with Gasteiger partial charge in [-0.2, -0.15) is 0 Å². The Morgan fingerprint density at radius 3 is 2.24 bits per heavy atom. The average molecular weight is 562 g/mol. The zero-order valence-corrected chi connectivity index (χ0v) is 22.4. The Bertz CT molecular complexity index is 973. The normalized spacial score (nSPS) is 12.3. The average Bonchev–Trinajstić information content (AvgIpc) is 3.14. The summed E-state index contributed by atoms with van der Waals surface area (Å²) < 4.78 is 1.99. The standard InChI is InChI=1S/C25H35N7.HI/c1-20(31(3)19-23-13-9-6-10-14-23)15-16-26-25(27-17-22-11-7-5-8-12-22)28-18-24-30-29-21(2)32(24)4;/h5-14,20H,15-19H2,1-4H3,(H2,26,27,28);1H. The lowest BCUT2D eigenvalue weighted by molar-refractivity contribution is 0.238. The lowest BCUT2D eigenvalue weighted by Crippen LogP contribution is -2.40. The number of nitrogens with zero attached hydrogens (tertiary/aromatic N) is 5. The summed E-state index contributed by atoms with van der Waals surface area (Å²) in [5.41, 5.74) is 2.51. The van der Waals surface area contributed by atoms with Gasteiger partial charge in [0.1, 0.15) is 5.82 Å². The van der Waals surface area contributed by atoms with Crippen LogP contribution in [0.2, 0.25) is 0 Å². The number of hydrogen-bond acceptors (Lipinski definition) is 4. The minimum Gasteiger partial charge on any atom is -0.356 e. The molecule has 0 amide bonds. The van der Waals surface area contributed by atoms with Crippen molar-refractivity contribution in [3.05, 3.63) is 83.4 Å². The number of benzene rings is 2. The largest absolute Gasteiger partial charge is 0.356 e. The van der Waals surface area contributed by atoms with E-state index < -0.39 is 0 Å². The van der Waals surface area contributed by atoms with Crippen LogP contribution in [-0.4, -0.2) is 45.3 Å². The Kier molecular flexibility index (Phi) is 11.3. The first-order valence-corrected chi connectivity index (χ1v) is 11.2. The van der Waals surface area contributed by atoms with E-state index in [0.29, 0.717) is 19.1 Å². The third-order valence-electron chi connectivity index (χ3n) is 5.74. The SMILES string of the molecule is Cc1nnc(CNC(=NCc2ccccc2)NCCC(C)N(C)Cc2ccccc2)n1C.I. The van der Waals surface area contributed by atoms with Crippen LogP contribution < -0.4 is 10.6 Å². The summed E-state index contributed by atoms with van der Waals surface area (Å²) >= 11 is 0. The second-order valence-corrected chi connectivity index (χ2v) is 8.19. The van der Waals surface area contributed by atoms with Gasteiger partial charge in [0, 0.05) is 26.2 Å². The summed E-state index contributed by atoms with van der Waals surface area (Å²) in [6.45, 7) is 7.19. The monoisotopic (exact) mass is 561 g/mol. The van der Waals surface area contributed by atoms with E-state index in [1.54, 1.807) is 0 Å². The van der Waals surface area contributed by atoms with Crippen molar-refractivity contribution in [2.24, 2.45) is 12.0 Å². The number of nitrogens with one attached hydrogen (secondary N) is 2. The highest BCUT2D eigenvalue weighted by atomic mass is 127. The molecule has 3 aromatic rings. The maximum Gasteiger partial charge on any atom is 0.191 e. The quantitative estimate of drug-likeness (QED) is 0.224. The highest BCUT2D eigenvalue weighted by molar-refractivity contribution is 14.0. The van der Waals surface area contributed by atoms with Gasteiger partial charge >= 0.3 is 0 Å². The van der Waals surface area contributed by atoms with Crippen molar-refractivity contribution >= 4 is 29.9 Å². The molecular weight excluding hydrogens is 525 g/mol. The van der Waals surface area contributed by atoms with Crippen molar-refractivity contribution in [3.8, 4) is 0 Å². The van der Waals surface area contributed by atoms with Crippen LogP contribution in [-0.2, 0) is 26.7 Å². The molecule has 1 unspecified atom stereocenters. The summed E-state index contributed by atoms with van der Waals surface area (Å²) in [6, 6.07) is 21.3. The highest BCUT2D eigenvalue weighted by Gasteiger charge is 2.11. The number of hydrogen-bond donors (Lipinski definition) is 2. The predicted octanol–water partition coefficient (Wildman–Crippen LogP) is 3.89. The van der Waals surface area contributed by atoms with Gasteiger partial charge in [0.2, 0.25) is 0 Å². The molecule has 0 fully saturated rings. The van der Waals surface area contributed by atoms with Crippen molar-refractivity contribution in [1.82, 2.24) is 30.3 Å². The molecule has 2 aromatic carbocycles. The third-order valence-corrected chi connectivity index (χ3v) is 5.74. The van der Waals surface area contributed by atoms with Gasteiger partial charge in [-0.05, 0) is 38.4 Å². The van der Waals surface area contributed by atoms with Crippen molar-refractivity contribution in [3.63, 3.8) is 0 Å². The molecule has 1 atom stereocenters. The molecule has 0 aliphatic carbocycles. The molecule has 1 heterocycles. The predicted molar refractivity (Wildman–Crippen MR) is 146 cm³/mol. The zero-order chi connectivity index (χ0) is 22.8. The topological polar surface area (TPSA) is 70.4 Å². The van der Waals surface area contributed by atoms with Gasteiger partial charge in [0.05, 0.1) is 13.1 Å². The van der Waals surface area contributed by atoms with E-state index in [-0.39, 0.29) is 24.0 Å². The van der Waals surface area contributed by atoms with Crippen LogP contribution in [0.25, 0.3) is 0 Å². The summed E-state index contributed by atoms with van der Waals surface area (Å²) in [5.74, 6) is 2.56. The van der Waals surface area contributed by atoms with E-state index in [1.165, 1.54) is 11.1 Å². The Labute approximate surface area is 214 Å². The lowest BCUT2D eigenvalue weighted by atomic mass is 10.1. The Balaban J connectivity index is 0.00000385. The molecule has 2 N–H and O–H groups in total. The van der Waals surface area contributed by atoms with Crippen LogP contribution in [0, 0.1) is 6.92 Å². The van der Waals surface area contributed by atoms with E-state index in [0.717, 1.165) is 37.1 Å². The molecule has 1 aromatic heterocycles. The Morgan fingerprint density at radius 2 is 1.64 bits per heavy atom. The van der Waals surface area contributed by atoms with Gasteiger partial charge in [-0.15, -0.1) is 34.2 Å². The van der Waals surface area contributed by atoms with E-state index in [1.807, 2.05) is 36.7 Å². The first-order valence-electron chi connectivity index (χ1n) is 11.2. The van der Waals surface area contributed by atoms with E-state index >= 15 is 0 Å². The third kappa shape index (κ3) is 8.77. The maximum atomic E-state index is 4.78. The number of aryl methyl sites for hydroxylation is 1. The molecule has 3 rings (SSSR count). The van der Waals surface area contributed by atoms with Gasteiger partial charge in [0.25, 0.3) is 0 Å². The van der Waals surface area contributed by atoms with Crippen LogP contribution in [0.5, 0.6) is 0 Å². The molecule has 0 aliphatic heterocycles. The molecule has 0 spiro atoms. The number of halogens is 1. The van der Waals surface area contributed by atoms with Gasteiger partial charge in [-0.3, -0.25) is 4.90 Å². The van der Waals surface area contributed by atoms with Crippen molar-refractivity contribution in [2.75, 3.05) is 13.6 Å². The van der Waals surface area contributed by atoms with Crippen LogP contribution in [0.15, 0.2) is 65.7 Å². The second kappa shape index (κ2) is 13.9. The molecule has 0 aliphatic rings. The molecule has 0 radical (unpaired) electrons. The molecule has 0 saturated heterocycles. The molecular formula is C25H36IN7. The Hall–Kier alpha value is -2.46. The number of rotatable bonds is 10. The molecule has 0 saturated carbocycles. The van der Waals surface area contributed by atoms with Crippen molar-refractivity contribution in [1.29, 1.82) is 0 Å².